The van der Waals surface area contributed by atoms with Gasteiger partial charge < -0.3 is 17.1 Å². The Kier molecular flexibility index (Phi) is 21.1. The van der Waals surface area contributed by atoms with Crippen LogP contribution in [-0.4, -0.2) is 22.2 Å². The molecule has 0 heterocycles. The van der Waals surface area contributed by atoms with Crippen LogP contribution in [0.2, 0.25) is 0 Å². The van der Waals surface area contributed by atoms with Crippen molar-refractivity contribution in [1.29, 1.82) is 0 Å². The monoisotopic (exact) mass is 186 g/mol. The van der Waals surface area contributed by atoms with Crippen molar-refractivity contribution in [3.63, 3.8) is 0 Å². The molecule has 0 bridgehead atoms. The molecule has 0 fully saturated rings. The Bertz CT molecular complexity index is 99.1. The zero-order chi connectivity index (χ0) is 8.57. The van der Waals surface area contributed by atoms with Crippen LogP contribution in [0.3, 0.4) is 0 Å². The maximum absolute atomic E-state index is 9.10. The van der Waals surface area contributed by atoms with Crippen molar-refractivity contribution >= 4 is 11.9 Å². The van der Waals surface area contributed by atoms with Gasteiger partial charge in [0.1, 0.15) is 0 Å². The number of unbranched alkanes of at least 4 members (excludes halogenated alkanes) is 1. The van der Waals surface area contributed by atoms with Gasteiger partial charge in [-0.05, 0) is 0 Å². The average Bonchev–Trinajstić information content (AvgIpc) is 1.89. The number of carbonyl (C=O) groups is 2. The molecule has 60 valence electrons. The molecule has 0 unspecified atom stereocenters. The second kappa shape index (κ2) is 13.2. The van der Waals surface area contributed by atoms with Crippen LogP contribution in [0.1, 0.15) is 19.8 Å². The van der Waals surface area contributed by atoms with Crippen molar-refractivity contribution in [1.82, 2.24) is 0 Å². The van der Waals surface area contributed by atoms with Crippen molar-refractivity contribution in [3.05, 3.63) is 6.92 Å². The van der Waals surface area contributed by atoms with Crippen molar-refractivity contribution in [2.24, 2.45) is 0 Å². The molecule has 0 aromatic rings. The molecule has 0 radical (unpaired) electrons. The molecular formula is C6H11KO4. The Morgan fingerprint density at radius 1 is 1.27 bits per heavy atom. The molecule has 0 saturated carbocycles. The van der Waals surface area contributed by atoms with Gasteiger partial charge in [-0.3, -0.25) is 0 Å². The molecule has 0 aromatic heterocycles. The van der Waals surface area contributed by atoms with Gasteiger partial charge >= 0.3 is 63.3 Å². The molecule has 0 aliphatic carbocycles. The van der Waals surface area contributed by atoms with Crippen molar-refractivity contribution < 1.29 is 71.2 Å². The number of carboxylic acids is 2. The van der Waals surface area contributed by atoms with E-state index in [2.05, 4.69) is 13.8 Å². The molecule has 0 aromatic carbocycles. The summed E-state index contributed by atoms with van der Waals surface area (Å²) in [6, 6.07) is 0. The van der Waals surface area contributed by atoms with E-state index < -0.39 is 11.9 Å². The summed E-state index contributed by atoms with van der Waals surface area (Å²) in [6.45, 7) is 5.72. The summed E-state index contributed by atoms with van der Waals surface area (Å²) in [5.74, 6) is -3.65. The smallest absolute Gasteiger partial charge is 0.473 e. The van der Waals surface area contributed by atoms with Gasteiger partial charge in [-0.25, -0.2) is 9.59 Å². The maximum Gasteiger partial charge on any atom is 1.00 e. The summed E-state index contributed by atoms with van der Waals surface area (Å²) in [7, 11) is 0. The van der Waals surface area contributed by atoms with Crippen LogP contribution in [-0.2, 0) is 9.59 Å². The minimum absolute atomic E-state index is 0. The molecule has 0 rings (SSSR count). The summed E-state index contributed by atoms with van der Waals surface area (Å²) < 4.78 is 0. The Labute approximate surface area is 108 Å². The normalized spacial score (nSPS) is 6.73. The molecule has 0 atom stereocenters. The molecule has 0 aliphatic rings. The molecule has 0 saturated heterocycles. The zero-order valence-corrected chi connectivity index (χ0v) is 9.96. The fourth-order valence-corrected chi connectivity index (χ4v) is 0. The third kappa shape index (κ3) is 25.0. The standard InChI is InChI=1S/C4H9.C2H2O4.K/c1-3-4-2;3-1(4)2(5)6;/h1,3-4H2,2H3;(H,3,4)(H,5,6);/q-1;;+1. The second-order valence-electron chi connectivity index (χ2n) is 1.46. The first kappa shape index (κ1) is 17.6. The van der Waals surface area contributed by atoms with E-state index in [0.717, 1.165) is 6.42 Å². The molecule has 4 nitrogen and oxygen atoms in total. The van der Waals surface area contributed by atoms with Crippen molar-refractivity contribution in [2.45, 2.75) is 19.8 Å². The van der Waals surface area contributed by atoms with Gasteiger partial charge in [-0.1, -0.05) is 13.3 Å². The SMILES string of the molecule is O=C(O)C(=O)O.[CH2-]CCC.[K+]. The van der Waals surface area contributed by atoms with E-state index in [4.69, 9.17) is 19.8 Å². The molecule has 5 heteroatoms. The predicted molar refractivity (Wildman–Crippen MR) is 35.5 cm³/mol. The van der Waals surface area contributed by atoms with Gasteiger partial charge in [-0.15, -0.1) is 0 Å². The number of carboxylic acid groups (broad SMARTS) is 2. The number of aliphatic carboxylic acids is 2. The van der Waals surface area contributed by atoms with Gasteiger partial charge in [0.05, 0.1) is 0 Å². The van der Waals surface area contributed by atoms with Gasteiger partial charge in [0.25, 0.3) is 0 Å². The topological polar surface area (TPSA) is 74.6 Å². The third-order valence-electron chi connectivity index (χ3n) is 0.537. The van der Waals surface area contributed by atoms with Crippen molar-refractivity contribution in [3.8, 4) is 0 Å². The van der Waals surface area contributed by atoms with Crippen LogP contribution in [0, 0.1) is 6.92 Å². The summed E-state index contributed by atoms with van der Waals surface area (Å²) in [5, 5.41) is 14.8. The van der Waals surface area contributed by atoms with E-state index in [-0.39, 0.29) is 51.4 Å². The van der Waals surface area contributed by atoms with Crippen LogP contribution < -0.4 is 51.4 Å². The van der Waals surface area contributed by atoms with Crippen LogP contribution in [0.15, 0.2) is 0 Å². The molecular weight excluding hydrogens is 175 g/mol. The Balaban J connectivity index is -0.000000114. The van der Waals surface area contributed by atoms with E-state index in [0.29, 0.717) is 0 Å². The summed E-state index contributed by atoms with van der Waals surface area (Å²) in [5.41, 5.74) is 0. The first-order valence-electron chi connectivity index (χ1n) is 2.81. The van der Waals surface area contributed by atoms with E-state index in [1.165, 1.54) is 6.42 Å². The molecule has 0 amide bonds. The average molecular weight is 186 g/mol. The van der Waals surface area contributed by atoms with Crippen LogP contribution in [0.25, 0.3) is 0 Å². The summed E-state index contributed by atoms with van der Waals surface area (Å²) in [6.07, 6.45) is 2.28. The van der Waals surface area contributed by atoms with E-state index in [1.54, 1.807) is 0 Å². The van der Waals surface area contributed by atoms with Gasteiger partial charge in [0.15, 0.2) is 0 Å². The Hall–Kier alpha value is 0.576. The van der Waals surface area contributed by atoms with Gasteiger partial charge in [0.2, 0.25) is 0 Å². The summed E-state index contributed by atoms with van der Waals surface area (Å²) in [4.78, 5) is 18.2. The molecule has 0 aliphatic heterocycles. The minimum Gasteiger partial charge on any atom is -0.473 e. The molecule has 0 spiro atoms. The largest absolute Gasteiger partial charge is 1.00 e. The van der Waals surface area contributed by atoms with Gasteiger partial charge in [0, 0.05) is 0 Å². The number of hydrogen-bond acceptors (Lipinski definition) is 2. The summed E-state index contributed by atoms with van der Waals surface area (Å²) >= 11 is 0. The van der Waals surface area contributed by atoms with Gasteiger partial charge in [-0.2, -0.15) is 6.42 Å². The van der Waals surface area contributed by atoms with E-state index in [9.17, 15) is 0 Å². The maximum atomic E-state index is 9.10. The van der Waals surface area contributed by atoms with E-state index >= 15 is 0 Å². The Morgan fingerprint density at radius 2 is 1.45 bits per heavy atom. The quantitative estimate of drug-likeness (QED) is 0.276. The Morgan fingerprint density at radius 3 is 1.45 bits per heavy atom. The molecule has 11 heavy (non-hydrogen) atoms. The predicted octanol–water partition coefficient (Wildman–Crippen LogP) is -2.22. The fraction of sp³-hybridized carbons (Fsp3) is 0.500. The van der Waals surface area contributed by atoms with Crippen LogP contribution >= 0.6 is 0 Å². The number of rotatable bonds is 1. The first-order chi connectivity index (χ1) is 4.56. The van der Waals surface area contributed by atoms with Crippen LogP contribution in [0.4, 0.5) is 0 Å². The van der Waals surface area contributed by atoms with Crippen LogP contribution in [0.5, 0.6) is 0 Å². The van der Waals surface area contributed by atoms with Crippen molar-refractivity contribution in [2.75, 3.05) is 0 Å². The molecule has 2 N–H and O–H groups in total. The fourth-order valence-electron chi connectivity index (χ4n) is 0. The zero-order valence-electron chi connectivity index (χ0n) is 6.83. The number of hydrogen-bond donors (Lipinski definition) is 2. The van der Waals surface area contributed by atoms with E-state index in [1.807, 2.05) is 0 Å². The third-order valence-corrected chi connectivity index (χ3v) is 0.537. The minimum atomic E-state index is -1.82. The second-order valence-corrected chi connectivity index (χ2v) is 1.46. The first-order valence-corrected chi connectivity index (χ1v) is 2.81.